The molecule has 8 nitrogen and oxygen atoms in total. The Labute approximate surface area is 186 Å². The quantitative estimate of drug-likeness (QED) is 0.614. The van der Waals surface area contributed by atoms with E-state index in [2.05, 4.69) is 5.32 Å². The highest BCUT2D eigenvalue weighted by atomic mass is 32.2. The molecule has 2 aromatic carbocycles. The number of hydrogen-bond donors (Lipinski definition) is 1. The second-order valence-electron chi connectivity index (χ2n) is 7.83. The fourth-order valence-corrected chi connectivity index (χ4v) is 5.36. The highest BCUT2D eigenvalue weighted by Crippen LogP contribution is 2.31. The van der Waals surface area contributed by atoms with E-state index in [0.29, 0.717) is 18.4 Å². The summed E-state index contributed by atoms with van der Waals surface area (Å²) in [6.07, 6.45) is -3.75. The van der Waals surface area contributed by atoms with E-state index in [9.17, 15) is 31.2 Å². The van der Waals surface area contributed by atoms with Gasteiger partial charge in [0.05, 0.1) is 21.9 Å². The van der Waals surface area contributed by atoms with Gasteiger partial charge in [-0.25, -0.2) is 13.2 Å². The minimum atomic E-state index is -4.55. The molecule has 2 heterocycles. The number of rotatable bonds is 4. The van der Waals surface area contributed by atoms with E-state index >= 15 is 0 Å². The van der Waals surface area contributed by atoms with Crippen LogP contribution in [0.2, 0.25) is 0 Å². The Hall–Kier alpha value is -3.12. The van der Waals surface area contributed by atoms with Crippen molar-refractivity contribution in [3.05, 3.63) is 58.6 Å². The third-order valence-electron chi connectivity index (χ3n) is 5.61. The van der Waals surface area contributed by atoms with Gasteiger partial charge in [-0.05, 0) is 43.2 Å². The minimum Gasteiger partial charge on any atom is -0.408 e. The molecule has 1 aromatic heterocycles. The van der Waals surface area contributed by atoms with Gasteiger partial charge in [-0.3, -0.25) is 9.36 Å². The smallest absolute Gasteiger partial charge is 0.408 e. The number of hydrogen-bond acceptors (Lipinski definition) is 5. The number of nitrogens with zero attached hydrogens (tertiary/aromatic N) is 2. The van der Waals surface area contributed by atoms with Gasteiger partial charge in [0.1, 0.15) is 0 Å². The van der Waals surface area contributed by atoms with Gasteiger partial charge >= 0.3 is 11.9 Å². The second-order valence-corrected chi connectivity index (χ2v) is 9.76. The van der Waals surface area contributed by atoms with E-state index in [4.69, 9.17) is 4.42 Å². The van der Waals surface area contributed by atoms with Crippen LogP contribution in [0.5, 0.6) is 0 Å². The molecule has 12 heteroatoms. The summed E-state index contributed by atoms with van der Waals surface area (Å²) < 4.78 is 72.5. The topological polar surface area (TPSA) is 102 Å². The van der Waals surface area contributed by atoms with Crippen molar-refractivity contribution in [2.24, 2.45) is 13.0 Å². The first-order valence-electron chi connectivity index (χ1n) is 10.0. The van der Waals surface area contributed by atoms with Crippen LogP contribution in [-0.4, -0.2) is 36.3 Å². The van der Waals surface area contributed by atoms with Gasteiger partial charge in [0, 0.05) is 31.9 Å². The lowest BCUT2D eigenvalue weighted by Crippen LogP contribution is -2.43. The van der Waals surface area contributed by atoms with Crippen LogP contribution < -0.4 is 11.1 Å². The molecule has 4 rings (SSSR count). The van der Waals surface area contributed by atoms with Crippen molar-refractivity contribution < 1.29 is 30.8 Å². The summed E-state index contributed by atoms with van der Waals surface area (Å²) in [5.74, 6) is -1.91. The SMILES string of the molecule is Cn1c(=O)oc2cc(S(=O)(=O)N3CCC[C@@H](C(=O)Nc4cccc(C(F)(F)F)c4)C3)ccc21. The lowest BCUT2D eigenvalue weighted by molar-refractivity contribution is -0.137. The van der Waals surface area contributed by atoms with Crippen molar-refractivity contribution in [1.29, 1.82) is 0 Å². The van der Waals surface area contributed by atoms with Gasteiger partial charge in [0.25, 0.3) is 0 Å². The molecule has 1 aliphatic rings. The molecule has 0 radical (unpaired) electrons. The Balaban J connectivity index is 1.52. The number of benzene rings is 2. The van der Waals surface area contributed by atoms with E-state index in [0.717, 1.165) is 16.4 Å². The number of piperidine rings is 1. The first-order valence-corrected chi connectivity index (χ1v) is 11.5. The van der Waals surface area contributed by atoms with E-state index in [1.165, 1.54) is 41.9 Å². The van der Waals surface area contributed by atoms with Crippen molar-refractivity contribution in [2.45, 2.75) is 23.9 Å². The molecule has 0 unspecified atom stereocenters. The molecule has 1 saturated heterocycles. The zero-order chi connectivity index (χ0) is 24.0. The Morgan fingerprint density at radius 2 is 1.94 bits per heavy atom. The molecule has 1 atom stereocenters. The van der Waals surface area contributed by atoms with Crippen LogP contribution in [0, 0.1) is 5.92 Å². The predicted molar refractivity (Wildman–Crippen MR) is 113 cm³/mol. The van der Waals surface area contributed by atoms with Crippen molar-refractivity contribution in [3.8, 4) is 0 Å². The Kier molecular flexibility index (Phi) is 5.83. The average molecular weight is 483 g/mol. The zero-order valence-electron chi connectivity index (χ0n) is 17.4. The number of sulfonamides is 1. The largest absolute Gasteiger partial charge is 0.419 e. The number of halogens is 3. The molecule has 33 heavy (non-hydrogen) atoms. The molecule has 0 spiro atoms. The van der Waals surface area contributed by atoms with Crippen LogP contribution in [0.1, 0.15) is 18.4 Å². The van der Waals surface area contributed by atoms with Crippen LogP contribution >= 0.6 is 0 Å². The van der Waals surface area contributed by atoms with E-state index < -0.39 is 39.3 Å². The zero-order valence-corrected chi connectivity index (χ0v) is 18.2. The van der Waals surface area contributed by atoms with Crippen molar-refractivity contribution in [1.82, 2.24) is 8.87 Å². The molecule has 0 aliphatic carbocycles. The molecule has 3 aromatic rings. The maximum absolute atomic E-state index is 13.1. The molecule has 176 valence electrons. The predicted octanol–water partition coefficient (Wildman–Crippen LogP) is 3.19. The molecular weight excluding hydrogens is 463 g/mol. The summed E-state index contributed by atoms with van der Waals surface area (Å²) >= 11 is 0. The Morgan fingerprint density at radius 3 is 2.67 bits per heavy atom. The number of aryl methyl sites for hydroxylation is 1. The normalized spacial score (nSPS) is 17.9. The third-order valence-corrected chi connectivity index (χ3v) is 7.48. The fourth-order valence-electron chi connectivity index (χ4n) is 3.82. The van der Waals surface area contributed by atoms with Crippen molar-refractivity contribution in [3.63, 3.8) is 0 Å². The van der Waals surface area contributed by atoms with Gasteiger partial charge in [0.2, 0.25) is 15.9 Å². The molecule has 1 fully saturated rings. The second kappa shape index (κ2) is 8.34. The summed E-state index contributed by atoms with van der Waals surface area (Å²) in [5, 5.41) is 2.46. The van der Waals surface area contributed by atoms with Crippen LogP contribution in [-0.2, 0) is 28.0 Å². The van der Waals surface area contributed by atoms with Crippen LogP contribution in [0.15, 0.2) is 56.6 Å². The van der Waals surface area contributed by atoms with Crippen molar-refractivity contribution >= 4 is 32.7 Å². The Bertz CT molecular complexity index is 1380. The number of carbonyl (C=O) groups excluding carboxylic acids is 1. The van der Waals surface area contributed by atoms with E-state index in [1.54, 1.807) is 0 Å². The Morgan fingerprint density at radius 1 is 1.18 bits per heavy atom. The summed E-state index contributed by atoms with van der Waals surface area (Å²) in [5.41, 5.74) is -0.342. The minimum absolute atomic E-state index is 0.0145. The van der Waals surface area contributed by atoms with E-state index in [-0.39, 0.29) is 29.3 Å². The van der Waals surface area contributed by atoms with Gasteiger partial charge < -0.3 is 9.73 Å². The lowest BCUT2D eigenvalue weighted by Gasteiger charge is -2.31. The monoisotopic (exact) mass is 483 g/mol. The van der Waals surface area contributed by atoms with E-state index in [1.807, 2.05) is 0 Å². The summed E-state index contributed by atoms with van der Waals surface area (Å²) in [7, 11) is -2.49. The number of fused-ring (bicyclic) bond motifs is 1. The summed E-state index contributed by atoms with van der Waals surface area (Å²) in [4.78, 5) is 24.3. The highest BCUT2D eigenvalue weighted by Gasteiger charge is 2.34. The maximum atomic E-state index is 13.1. The van der Waals surface area contributed by atoms with Gasteiger partial charge in [-0.15, -0.1) is 0 Å². The number of oxazole rings is 1. The number of amides is 1. The van der Waals surface area contributed by atoms with Crippen LogP contribution in [0.3, 0.4) is 0 Å². The average Bonchev–Trinajstić information content (AvgIpc) is 3.06. The number of anilines is 1. The maximum Gasteiger partial charge on any atom is 0.419 e. The molecule has 0 saturated carbocycles. The molecule has 1 aliphatic heterocycles. The molecular formula is C21H20F3N3O5S. The first-order chi connectivity index (χ1) is 15.5. The molecule has 1 N–H and O–H groups in total. The summed E-state index contributed by atoms with van der Waals surface area (Å²) in [6.45, 7) is 0.0658. The standard InChI is InChI=1S/C21H20F3N3O5S/c1-26-17-8-7-16(11-18(17)32-20(26)29)33(30,31)27-9-3-4-13(12-27)19(28)25-15-6-2-5-14(10-15)21(22,23)24/h2,5-8,10-11,13H,3-4,9,12H2,1H3,(H,25,28)/t13-/m1/s1. The number of alkyl halides is 3. The lowest BCUT2D eigenvalue weighted by atomic mass is 9.98. The highest BCUT2D eigenvalue weighted by molar-refractivity contribution is 7.89. The molecule has 1 amide bonds. The van der Waals surface area contributed by atoms with Crippen LogP contribution in [0.25, 0.3) is 11.1 Å². The van der Waals surface area contributed by atoms with Crippen molar-refractivity contribution in [2.75, 3.05) is 18.4 Å². The van der Waals surface area contributed by atoms with Crippen LogP contribution in [0.4, 0.5) is 18.9 Å². The number of aromatic nitrogens is 1. The van der Waals surface area contributed by atoms with Gasteiger partial charge in [-0.2, -0.15) is 17.5 Å². The number of nitrogens with one attached hydrogen (secondary N) is 1. The fraction of sp³-hybridized carbons (Fsp3) is 0.333. The summed E-state index contributed by atoms with van der Waals surface area (Å²) in [6, 6.07) is 8.35. The molecule has 0 bridgehead atoms. The van der Waals surface area contributed by atoms with Gasteiger partial charge in [-0.1, -0.05) is 6.07 Å². The first kappa shape index (κ1) is 23.1. The number of carbonyl (C=O) groups is 1. The third kappa shape index (κ3) is 4.53. The van der Waals surface area contributed by atoms with Gasteiger partial charge in [0.15, 0.2) is 5.58 Å².